The summed E-state index contributed by atoms with van der Waals surface area (Å²) >= 11 is 0. The van der Waals surface area contributed by atoms with E-state index in [2.05, 4.69) is 30.1 Å². The zero-order chi connectivity index (χ0) is 31.2. The van der Waals surface area contributed by atoms with Gasteiger partial charge in [-0.2, -0.15) is 0 Å². The molecule has 6 aliphatic rings. The Labute approximate surface area is 269 Å². The van der Waals surface area contributed by atoms with Gasteiger partial charge in [0.15, 0.2) is 0 Å². The number of piperazine rings is 1. The maximum Gasteiger partial charge on any atom is 0.270 e. The van der Waals surface area contributed by atoms with E-state index in [0.29, 0.717) is 36.5 Å². The number of aromatic amines is 1. The fourth-order valence-electron chi connectivity index (χ4n) is 10.6. The van der Waals surface area contributed by atoms with Crippen LogP contribution in [0.3, 0.4) is 0 Å². The van der Waals surface area contributed by atoms with E-state index in [4.69, 9.17) is 0 Å². The molecule has 2 amide bonds. The number of hydrogen-bond donors (Lipinski definition) is 2. The molecule has 2 N–H and O–H groups in total. The lowest BCUT2D eigenvalue weighted by molar-refractivity contribution is -0.177. The Balaban J connectivity index is 0.734. The largest absolute Gasteiger partial charge is 0.368 e. The van der Waals surface area contributed by atoms with Crippen molar-refractivity contribution in [3.8, 4) is 0 Å². The number of anilines is 1. The van der Waals surface area contributed by atoms with Crippen molar-refractivity contribution < 1.29 is 9.59 Å². The summed E-state index contributed by atoms with van der Waals surface area (Å²) < 4.78 is 0. The van der Waals surface area contributed by atoms with E-state index in [-0.39, 0.29) is 22.9 Å². The molecule has 1 spiro atoms. The highest BCUT2D eigenvalue weighted by molar-refractivity contribution is 5.93. The number of nitrogens with one attached hydrogen (secondary N) is 2. The summed E-state index contributed by atoms with van der Waals surface area (Å²) in [6.45, 7) is 7.48. The first kappa shape index (κ1) is 28.4. The fourth-order valence-corrected chi connectivity index (χ4v) is 10.6. The highest BCUT2D eigenvalue weighted by Gasteiger charge is 2.77. The minimum absolute atomic E-state index is 0.00198. The Bertz CT molecular complexity index is 1760. The quantitative estimate of drug-likeness (QED) is 0.397. The molecule has 0 radical (unpaired) electrons. The summed E-state index contributed by atoms with van der Waals surface area (Å²) in [5.41, 5.74) is 5.76. The van der Waals surface area contributed by atoms with Gasteiger partial charge in [-0.3, -0.25) is 24.3 Å². The summed E-state index contributed by atoms with van der Waals surface area (Å²) in [4.78, 5) is 57.1. The van der Waals surface area contributed by atoms with Crippen LogP contribution in [0.4, 0.5) is 5.69 Å². The first-order valence-electron chi connectivity index (χ1n) is 17.3. The smallest absolute Gasteiger partial charge is 0.270 e. The van der Waals surface area contributed by atoms with Gasteiger partial charge >= 0.3 is 0 Å². The van der Waals surface area contributed by atoms with Crippen LogP contribution in [0.25, 0.3) is 11.0 Å². The van der Waals surface area contributed by atoms with Gasteiger partial charge in [0.2, 0.25) is 5.91 Å². The lowest BCUT2D eigenvalue weighted by Crippen LogP contribution is -2.61. The van der Waals surface area contributed by atoms with E-state index < -0.39 is 0 Å². The monoisotopic (exact) mass is 621 g/mol. The van der Waals surface area contributed by atoms with Gasteiger partial charge in [-0.25, -0.2) is 4.98 Å². The van der Waals surface area contributed by atoms with Gasteiger partial charge in [0.05, 0.1) is 29.0 Å². The molecule has 2 unspecified atom stereocenters. The van der Waals surface area contributed by atoms with Crippen LogP contribution in [-0.4, -0.2) is 81.9 Å². The third kappa shape index (κ3) is 4.42. The average molecular weight is 622 g/mol. The van der Waals surface area contributed by atoms with E-state index >= 15 is 0 Å². The molecule has 6 fully saturated rings. The Hall–Kier alpha value is -3.79. The van der Waals surface area contributed by atoms with Gasteiger partial charge in [0.1, 0.15) is 5.69 Å². The number of amides is 2. The topological polar surface area (TPSA) is 115 Å². The molecule has 0 aromatic carbocycles. The molecular formula is C36H43N7O3. The predicted molar refractivity (Wildman–Crippen MR) is 174 cm³/mol. The lowest BCUT2D eigenvalue weighted by Gasteiger charge is -2.66. The van der Waals surface area contributed by atoms with Crippen LogP contribution < -0.4 is 15.8 Å². The number of carbonyl (C=O) groups excluding carboxylic acids is 2. The van der Waals surface area contributed by atoms with Crippen molar-refractivity contribution in [1.82, 2.24) is 30.1 Å². The fraction of sp³-hybridized carbons (Fsp3) is 0.583. The molecule has 5 atom stereocenters. The summed E-state index contributed by atoms with van der Waals surface area (Å²) in [6.07, 6.45) is 11.8. The average Bonchev–Trinajstić information content (AvgIpc) is 3.50. The van der Waals surface area contributed by atoms with E-state index in [1.54, 1.807) is 12.3 Å². The van der Waals surface area contributed by atoms with Crippen LogP contribution in [-0.2, 0) is 17.8 Å². The Morgan fingerprint density at radius 3 is 2.46 bits per heavy atom. The van der Waals surface area contributed by atoms with E-state index in [9.17, 15) is 14.4 Å². The minimum atomic E-state index is -0.173. The zero-order valence-corrected chi connectivity index (χ0v) is 26.6. The zero-order valence-electron chi connectivity index (χ0n) is 26.6. The maximum atomic E-state index is 13.2. The van der Waals surface area contributed by atoms with Crippen molar-refractivity contribution in [2.45, 2.75) is 64.5 Å². The number of rotatable bonds is 8. The number of carbonyl (C=O) groups is 2. The molecule has 3 aromatic rings. The molecular weight excluding hydrogens is 578 g/mol. The predicted octanol–water partition coefficient (Wildman–Crippen LogP) is 3.36. The van der Waals surface area contributed by atoms with Crippen molar-refractivity contribution in [3.05, 3.63) is 63.8 Å². The van der Waals surface area contributed by atoms with Gasteiger partial charge in [-0.05, 0) is 96.9 Å². The van der Waals surface area contributed by atoms with Crippen molar-refractivity contribution in [2.24, 2.45) is 28.6 Å². The molecule has 240 valence electrons. The number of hydrogen-bond acceptors (Lipinski definition) is 7. The van der Waals surface area contributed by atoms with Gasteiger partial charge in [0, 0.05) is 64.0 Å². The highest BCUT2D eigenvalue weighted by atomic mass is 16.2. The number of nitrogens with zero attached hydrogens (tertiary/aromatic N) is 5. The number of aromatic nitrogens is 3. The van der Waals surface area contributed by atoms with Gasteiger partial charge in [0.25, 0.3) is 11.5 Å². The molecule has 2 aliphatic heterocycles. The Morgan fingerprint density at radius 2 is 1.78 bits per heavy atom. The molecule has 10 heteroatoms. The standard InChI is InChI=1S/C36H43N7O3/c1-2-23-10-30-31(40-33(23)45)9-22(16-37-30)18-41-5-7-42(8-6-41)28-3-4-29(38-17-28)34(46)39-27-19-43(20-27)32(44)15-35-13-25-11-24-12-26(14-35)36(24,25)21-35/h3-4,9-10,16-17,24-27H,2,5-8,11-15,18-21H2,1H3,(H,39,46)(H,40,45)/t24-,25-,26?,35?,36-/m1/s1. The molecule has 3 aromatic heterocycles. The van der Waals surface area contributed by atoms with Crippen LogP contribution in [0.15, 0.2) is 41.5 Å². The molecule has 5 heterocycles. The first-order chi connectivity index (χ1) is 22.3. The number of fused-ring (bicyclic) bond motifs is 2. The summed E-state index contributed by atoms with van der Waals surface area (Å²) in [6, 6.07) is 7.70. The Kier molecular flexibility index (Phi) is 6.40. The molecule has 2 saturated heterocycles. The van der Waals surface area contributed by atoms with Crippen LogP contribution in [0.5, 0.6) is 0 Å². The minimum Gasteiger partial charge on any atom is -0.368 e. The van der Waals surface area contributed by atoms with Gasteiger partial charge < -0.3 is 20.1 Å². The number of H-pyrrole nitrogens is 1. The molecule has 4 aliphatic carbocycles. The van der Waals surface area contributed by atoms with Crippen molar-refractivity contribution in [2.75, 3.05) is 44.2 Å². The number of pyridine rings is 3. The summed E-state index contributed by atoms with van der Waals surface area (Å²) in [5.74, 6) is 2.92. The normalized spacial score (nSPS) is 31.3. The lowest BCUT2D eigenvalue weighted by atomic mass is 9.38. The van der Waals surface area contributed by atoms with Crippen LogP contribution >= 0.6 is 0 Å². The second-order valence-corrected chi connectivity index (χ2v) is 15.3. The number of likely N-dealkylation sites (tertiary alicyclic amines) is 1. The summed E-state index contributed by atoms with van der Waals surface area (Å²) in [5, 5.41) is 3.09. The van der Waals surface area contributed by atoms with Crippen molar-refractivity contribution in [1.29, 1.82) is 0 Å². The van der Waals surface area contributed by atoms with E-state index in [0.717, 1.165) is 84.7 Å². The number of aryl methyl sites for hydroxylation is 1. The van der Waals surface area contributed by atoms with Gasteiger partial charge in [-0.15, -0.1) is 0 Å². The Morgan fingerprint density at radius 1 is 1.00 bits per heavy atom. The molecule has 46 heavy (non-hydrogen) atoms. The maximum absolute atomic E-state index is 13.2. The SMILES string of the molecule is CCc1cc2ncc(CN3CCN(c4ccc(C(=O)NC5CN(C(=O)CC67CC8C[C@H]9C[C@H](C6)[C@]89C7)C5)nc4)CC3)cc2[nH]c1=O. The second kappa shape index (κ2) is 10.4. The second-order valence-electron chi connectivity index (χ2n) is 15.3. The van der Waals surface area contributed by atoms with Crippen LogP contribution in [0.1, 0.15) is 67.1 Å². The van der Waals surface area contributed by atoms with Gasteiger partial charge in [-0.1, -0.05) is 6.92 Å². The highest BCUT2D eigenvalue weighted by Crippen LogP contribution is 2.85. The molecule has 2 bridgehead atoms. The first-order valence-corrected chi connectivity index (χ1v) is 17.3. The third-order valence-electron chi connectivity index (χ3n) is 12.9. The third-order valence-corrected chi connectivity index (χ3v) is 12.9. The van der Waals surface area contributed by atoms with Crippen molar-refractivity contribution in [3.63, 3.8) is 0 Å². The van der Waals surface area contributed by atoms with Crippen LogP contribution in [0.2, 0.25) is 0 Å². The summed E-state index contributed by atoms with van der Waals surface area (Å²) in [7, 11) is 0. The molecule has 4 saturated carbocycles. The molecule has 9 rings (SSSR count). The van der Waals surface area contributed by atoms with E-state index in [1.165, 1.54) is 32.1 Å². The molecule has 10 nitrogen and oxygen atoms in total. The van der Waals surface area contributed by atoms with E-state index in [1.807, 2.05) is 36.2 Å². The van der Waals surface area contributed by atoms with Crippen molar-refractivity contribution >= 4 is 28.5 Å². The van der Waals surface area contributed by atoms with Crippen LogP contribution in [0, 0.1) is 28.6 Å².